The molecule has 3 aromatic rings. The number of carbonyl (C=O) groups excluding carboxylic acids is 1. The molecule has 0 bridgehead atoms. The van der Waals surface area contributed by atoms with E-state index in [9.17, 15) is 23.3 Å². The molecule has 3 aromatic carbocycles. The van der Waals surface area contributed by atoms with Gasteiger partial charge in [0, 0.05) is 43.0 Å². The van der Waals surface area contributed by atoms with Crippen molar-refractivity contribution in [3.05, 3.63) is 94.5 Å². The van der Waals surface area contributed by atoms with Gasteiger partial charge in [-0.3, -0.25) is 14.9 Å². The summed E-state index contributed by atoms with van der Waals surface area (Å²) in [6, 6.07) is 20.4. The molecule has 34 heavy (non-hydrogen) atoms. The molecule has 1 aliphatic heterocycles. The fourth-order valence-electron chi connectivity index (χ4n) is 3.80. The maximum Gasteiger partial charge on any atom is 0.339 e. The van der Waals surface area contributed by atoms with Crippen LogP contribution < -0.4 is 14.4 Å². The standard InChI is InChI=1S/C24H23N3O6S/c28-24(25-16-18-13-14-26(17-18)20-5-2-1-3-6-20)19-9-11-22(12-10-19)33-34(31,32)23-8-4-7-21(15-23)27(29)30/h1-12,15,18H,13-14,16-17H2,(H,25,28). The minimum atomic E-state index is -4.26. The van der Waals surface area contributed by atoms with Crippen LogP contribution in [0.15, 0.2) is 83.8 Å². The normalized spacial score (nSPS) is 15.6. The maximum absolute atomic E-state index is 12.5. The van der Waals surface area contributed by atoms with Gasteiger partial charge in [0.25, 0.3) is 11.6 Å². The third-order valence-electron chi connectivity index (χ3n) is 5.60. The second-order valence-corrected chi connectivity index (χ2v) is 9.51. The van der Waals surface area contributed by atoms with E-state index in [4.69, 9.17) is 4.18 Å². The van der Waals surface area contributed by atoms with Gasteiger partial charge in [-0.15, -0.1) is 0 Å². The predicted octanol–water partition coefficient (Wildman–Crippen LogP) is 3.62. The number of nitrogens with zero attached hydrogens (tertiary/aromatic N) is 2. The molecule has 10 heteroatoms. The maximum atomic E-state index is 12.5. The van der Waals surface area contributed by atoms with E-state index in [-0.39, 0.29) is 22.2 Å². The summed E-state index contributed by atoms with van der Waals surface area (Å²) in [5, 5.41) is 13.8. The monoisotopic (exact) mass is 481 g/mol. The Balaban J connectivity index is 1.32. The van der Waals surface area contributed by atoms with Crippen molar-refractivity contribution in [1.29, 1.82) is 0 Å². The van der Waals surface area contributed by atoms with Crippen molar-refractivity contribution in [1.82, 2.24) is 5.32 Å². The van der Waals surface area contributed by atoms with Gasteiger partial charge in [0.05, 0.1) is 4.92 Å². The number of anilines is 1. The zero-order valence-corrected chi connectivity index (χ0v) is 19.0. The Morgan fingerprint density at radius 1 is 1.06 bits per heavy atom. The molecule has 176 valence electrons. The van der Waals surface area contributed by atoms with Crippen LogP contribution in [-0.2, 0) is 10.1 Å². The number of non-ortho nitro benzene ring substituents is 1. The summed E-state index contributed by atoms with van der Waals surface area (Å²) in [5.41, 5.74) is 1.19. The number of rotatable bonds is 8. The molecule has 0 spiro atoms. The summed E-state index contributed by atoms with van der Waals surface area (Å²) in [4.78, 5) is 24.7. The van der Waals surface area contributed by atoms with E-state index in [0.717, 1.165) is 25.6 Å². The molecule has 9 nitrogen and oxygen atoms in total. The molecule has 0 saturated carbocycles. The third kappa shape index (κ3) is 5.52. The summed E-state index contributed by atoms with van der Waals surface area (Å²) in [5.74, 6) is 0.0791. The molecule has 0 aromatic heterocycles. The molecular formula is C24H23N3O6S. The lowest BCUT2D eigenvalue weighted by Crippen LogP contribution is -2.31. The first-order chi connectivity index (χ1) is 16.3. The molecule has 1 unspecified atom stereocenters. The fourth-order valence-corrected chi connectivity index (χ4v) is 4.77. The molecule has 1 fully saturated rings. The van der Waals surface area contributed by atoms with E-state index < -0.39 is 15.0 Å². The topological polar surface area (TPSA) is 119 Å². The van der Waals surface area contributed by atoms with Gasteiger partial charge in [-0.05, 0) is 54.8 Å². The van der Waals surface area contributed by atoms with E-state index in [1.807, 2.05) is 18.2 Å². The zero-order valence-electron chi connectivity index (χ0n) is 18.2. The minimum Gasteiger partial charge on any atom is -0.379 e. The summed E-state index contributed by atoms with van der Waals surface area (Å²) in [6.07, 6.45) is 0.984. The van der Waals surface area contributed by atoms with Crippen molar-refractivity contribution >= 4 is 27.4 Å². The Morgan fingerprint density at radius 3 is 2.50 bits per heavy atom. The molecule has 4 rings (SSSR count). The van der Waals surface area contributed by atoms with Crippen molar-refractivity contribution in [2.45, 2.75) is 11.3 Å². The molecular weight excluding hydrogens is 458 g/mol. The first kappa shape index (κ1) is 23.2. The third-order valence-corrected chi connectivity index (χ3v) is 6.84. The average Bonchev–Trinajstić information content (AvgIpc) is 3.32. The second kappa shape index (κ2) is 9.92. The minimum absolute atomic E-state index is 0.00245. The largest absolute Gasteiger partial charge is 0.379 e. The summed E-state index contributed by atoms with van der Waals surface area (Å²) < 4.78 is 30.0. The lowest BCUT2D eigenvalue weighted by Gasteiger charge is -2.18. The van der Waals surface area contributed by atoms with Crippen LogP contribution in [0, 0.1) is 16.0 Å². The van der Waals surface area contributed by atoms with Crippen LogP contribution in [0.3, 0.4) is 0 Å². The van der Waals surface area contributed by atoms with Crippen molar-refractivity contribution in [3.63, 3.8) is 0 Å². The molecule has 1 saturated heterocycles. The highest BCUT2D eigenvalue weighted by molar-refractivity contribution is 7.87. The van der Waals surface area contributed by atoms with Gasteiger partial charge in [-0.2, -0.15) is 8.42 Å². The highest BCUT2D eigenvalue weighted by Crippen LogP contribution is 2.24. The van der Waals surface area contributed by atoms with Gasteiger partial charge < -0.3 is 14.4 Å². The van der Waals surface area contributed by atoms with Gasteiger partial charge in [0.2, 0.25) is 0 Å². The first-order valence-corrected chi connectivity index (χ1v) is 12.1. The Morgan fingerprint density at radius 2 is 1.79 bits per heavy atom. The number of nitro benzene ring substituents is 1. The zero-order chi connectivity index (χ0) is 24.1. The van der Waals surface area contributed by atoms with Crippen molar-refractivity contribution in [3.8, 4) is 5.75 Å². The number of nitrogens with one attached hydrogen (secondary N) is 1. The predicted molar refractivity (Wildman–Crippen MR) is 126 cm³/mol. The second-order valence-electron chi connectivity index (χ2n) is 7.96. The molecule has 1 heterocycles. The van der Waals surface area contributed by atoms with Crippen LogP contribution in [0.4, 0.5) is 11.4 Å². The van der Waals surface area contributed by atoms with Gasteiger partial charge in [0.1, 0.15) is 10.6 Å². The van der Waals surface area contributed by atoms with E-state index in [1.54, 1.807) is 0 Å². The number of hydrogen-bond acceptors (Lipinski definition) is 7. The highest BCUT2D eigenvalue weighted by Gasteiger charge is 2.23. The number of amides is 1. The molecule has 1 atom stereocenters. The van der Waals surface area contributed by atoms with Crippen LogP contribution in [0.5, 0.6) is 5.75 Å². The highest BCUT2D eigenvalue weighted by atomic mass is 32.2. The number of para-hydroxylation sites is 1. The number of hydrogen-bond donors (Lipinski definition) is 1. The Kier molecular flexibility index (Phi) is 6.78. The SMILES string of the molecule is O=C(NCC1CCN(c2ccccc2)C1)c1ccc(OS(=O)(=O)c2cccc([N+](=O)[O-])c2)cc1. The molecule has 1 N–H and O–H groups in total. The van der Waals surface area contributed by atoms with Crippen LogP contribution >= 0.6 is 0 Å². The lowest BCUT2D eigenvalue weighted by atomic mass is 10.1. The lowest BCUT2D eigenvalue weighted by molar-refractivity contribution is -0.385. The summed E-state index contributed by atoms with van der Waals surface area (Å²) >= 11 is 0. The summed E-state index contributed by atoms with van der Waals surface area (Å²) in [6.45, 7) is 2.35. The van der Waals surface area contributed by atoms with Gasteiger partial charge in [-0.25, -0.2) is 0 Å². The first-order valence-electron chi connectivity index (χ1n) is 10.7. The Hall–Kier alpha value is -3.92. The number of nitro groups is 1. The van der Waals surface area contributed by atoms with Gasteiger partial charge in [0.15, 0.2) is 0 Å². The van der Waals surface area contributed by atoms with Crippen LogP contribution in [0.2, 0.25) is 0 Å². The van der Waals surface area contributed by atoms with Crippen LogP contribution in [0.25, 0.3) is 0 Å². The van der Waals surface area contributed by atoms with Crippen molar-refractivity contribution in [2.75, 3.05) is 24.5 Å². The van der Waals surface area contributed by atoms with Gasteiger partial charge >= 0.3 is 10.1 Å². The van der Waals surface area contributed by atoms with Crippen LogP contribution in [0.1, 0.15) is 16.8 Å². The average molecular weight is 482 g/mol. The Labute approximate surface area is 197 Å². The molecule has 0 aliphatic carbocycles. The quantitative estimate of drug-likeness (QED) is 0.296. The summed E-state index contributed by atoms with van der Waals surface area (Å²) in [7, 11) is -4.26. The van der Waals surface area contributed by atoms with E-state index in [0.29, 0.717) is 18.0 Å². The van der Waals surface area contributed by atoms with Crippen LogP contribution in [-0.4, -0.2) is 38.9 Å². The van der Waals surface area contributed by atoms with Crippen molar-refractivity contribution in [2.24, 2.45) is 5.92 Å². The molecule has 1 aliphatic rings. The van der Waals surface area contributed by atoms with E-state index in [1.165, 1.54) is 48.2 Å². The van der Waals surface area contributed by atoms with E-state index >= 15 is 0 Å². The number of benzene rings is 3. The van der Waals surface area contributed by atoms with Gasteiger partial charge in [-0.1, -0.05) is 24.3 Å². The van der Waals surface area contributed by atoms with Crippen molar-refractivity contribution < 1.29 is 22.3 Å². The smallest absolute Gasteiger partial charge is 0.339 e. The fraction of sp³-hybridized carbons (Fsp3) is 0.208. The van der Waals surface area contributed by atoms with E-state index in [2.05, 4.69) is 22.3 Å². The molecule has 1 amide bonds. The Bertz CT molecular complexity index is 1280. The number of carbonyl (C=O) groups is 1. The molecule has 0 radical (unpaired) electrons.